The molecule has 0 aromatic rings. The highest BCUT2D eigenvalue weighted by molar-refractivity contribution is 7.81. The number of hydrogen-bond acceptors (Lipinski definition) is 8. The van der Waals surface area contributed by atoms with Crippen LogP contribution < -0.4 is 0 Å². The average Bonchev–Trinajstić information content (AvgIpc) is 2.64. The predicted molar refractivity (Wildman–Crippen MR) is 119 cm³/mol. The lowest BCUT2D eigenvalue weighted by Gasteiger charge is -2.34. The van der Waals surface area contributed by atoms with E-state index in [1.807, 2.05) is 13.8 Å². The molecule has 0 radical (unpaired) electrons. The van der Waals surface area contributed by atoms with Crippen LogP contribution in [0, 0.1) is 5.41 Å². The van der Waals surface area contributed by atoms with Gasteiger partial charge < -0.3 is 18.9 Å². The summed E-state index contributed by atoms with van der Waals surface area (Å²) in [5, 5.41) is 0. The largest absolute Gasteiger partial charge is 0.381 e. The third kappa shape index (κ3) is 14.0. The minimum absolute atomic E-state index is 0.104. The van der Waals surface area contributed by atoms with Gasteiger partial charge in [-0.25, -0.2) is 0 Å². The van der Waals surface area contributed by atoms with Gasteiger partial charge in [0.25, 0.3) is 0 Å². The molecule has 152 valence electrons. The Morgan fingerprint density at radius 2 is 1.12 bits per heavy atom. The standard InChI is InChI=1S/C17H36O4S4/c1-3-15(24)20-13-17(11-18-7-5-9-22,12-19-8-6-10-23)14-21-16(25)4-2/h15-16,22-25H,3-14H2,1-2H3. The van der Waals surface area contributed by atoms with Crippen LogP contribution in [0.4, 0.5) is 0 Å². The second kappa shape index (κ2) is 17.3. The Morgan fingerprint density at radius 3 is 1.44 bits per heavy atom. The Morgan fingerprint density at radius 1 is 0.720 bits per heavy atom. The summed E-state index contributed by atoms with van der Waals surface area (Å²) in [7, 11) is 0. The maximum atomic E-state index is 5.91. The Balaban J connectivity index is 4.85. The molecular formula is C17H36O4S4. The molecule has 0 amide bonds. The van der Waals surface area contributed by atoms with E-state index >= 15 is 0 Å². The maximum Gasteiger partial charge on any atom is 0.0997 e. The van der Waals surface area contributed by atoms with E-state index in [0.717, 1.165) is 37.2 Å². The highest BCUT2D eigenvalue weighted by atomic mass is 32.1. The van der Waals surface area contributed by atoms with Crippen molar-refractivity contribution < 1.29 is 18.9 Å². The molecule has 25 heavy (non-hydrogen) atoms. The molecule has 0 aliphatic heterocycles. The van der Waals surface area contributed by atoms with Crippen LogP contribution in [0.25, 0.3) is 0 Å². The molecule has 0 aromatic carbocycles. The number of hydrogen-bond donors (Lipinski definition) is 4. The lowest BCUT2D eigenvalue weighted by molar-refractivity contribution is -0.113. The molecule has 0 N–H and O–H groups in total. The predicted octanol–water partition coefficient (Wildman–Crippen LogP) is 4.01. The molecule has 2 atom stereocenters. The zero-order valence-corrected chi connectivity index (χ0v) is 19.1. The van der Waals surface area contributed by atoms with Crippen LogP contribution >= 0.6 is 50.5 Å². The molecule has 0 spiro atoms. The van der Waals surface area contributed by atoms with Crippen LogP contribution in [0.1, 0.15) is 39.5 Å². The van der Waals surface area contributed by atoms with Crippen LogP contribution in [0.2, 0.25) is 0 Å². The summed E-state index contributed by atoms with van der Waals surface area (Å²) in [6.45, 7) is 7.39. The highest BCUT2D eigenvalue weighted by Gasteiger charge is 2.33. The van der Waals surface area contributed by atoms with Crippen LogP contribution in [0.5, 0.6) is 0 Å². The van der Waals surface area contributed by atoms with Crippen molar-refractivity contribution in [1.82, 2.24) is 0 Å². The van der Waals surface area contributed by atoms with Crippen molar-refractivity contribution in [3.63, 3.8) is 0 Å². The summed E-state index contributed by atoms with van der Waals surface area (Å²) in [6, 6.07) is 0. The summed E-state index contributed by atoms with van der Waals surface area (Å²) in [5.41, 5.74) is -0.584. The Labute approximate surface area is 176 Å². The first kappa shape index (κ1) is 26.2. The van der Waals surface area contributed by atoms with Gasteiger partial charge in [-0.1, -0.05) is 13.8 Å². The SMILES string of the molecule is CCC(S)OCC(COCCCS)(COCCCS)COC(S)CC. The second-order valence-electron chi connectivity index (χ2n) is 6.11. The van der Waals surface area contributed by atoms with Gasteiger partial charge in [0, 0.05) is 13.2 Å². The fourth-order valence-electron chi connectivity index (χ4n) is 1.94. The van der Waals surface area contributed by atoms with Crippen molar-refractivity contribution in [3.8, 4) is 0 Å². The van der Waals surface area contributed by atoms with Crippen molar-refractivity contribution in [3.05, 3.63) is 0 Å². The monoisotopic (exact) mass is 432 g/mol. The fraction of sp³-hybridized carbons (Fsp3) is 1.00. The van der Waals surface area contributed by atoms with E-state index in [-0.39, 0.29) is 16.3 Å². The summed E-state index contributed by atoms with van der Waals surface area (Å²) in [4.78, 5) is 0. The molecular weight excluding hydrogens is 396 g/mol. The van der Waals surface area contributed by atoms with Crippen molar-refractivity contribution in [2.24, 2.45) is 5.41 Å². The van der Waals surface area contributed by atoms with E-state index in [9.17, 15) is 0 Å². The third-order valence-electron chi connectivity index (χ3n) is 3.57. The smallest absolute Gasteiger partial charge is 0.0997 e. The summed E-state index contributed by atoms with van der Waals surface area (Å²) >= 11 is 17.3. The lowest BCUT2D eigenvalue weighted by atomic mass is 9.92. The quantitative estimate of drug-likeness (QED) is 0.150. The van der Waals surface area contributed by atoms with Gasteiger partial charge in [0.2, 0.25) is 0 Å². The van der Waals surface area contributed by atoms with Crippen molar-refractivity contribution in [1.29, 1.82) is 0 Å². The first-order valence-corrected chi connectivity index (χ1v) is 11.3. The Bertz CT molecular complexity index is 270. The molecule has 0 fully saturated rings. The second-order valence-corrected chi connectivity index (χ2v) is 8.15. The van der Waals surface area contributed by atoms with E-state index in [0.29, 0.717) is 39.6 Å². The molecule has 0 heterocycles. The molecule has 8 heteroatoms. The summed E-state index contributed by atoms with van der Waals surface area (Å²) < 4.78 is 23.6. The molecule has 0 rings (SSSR count). The number of ether oxygens (including phenoxy) is 4. The topological polar surface area (TPSA) is 36.9 Å². The van der Waals surface area contributed by atoms with Crippen LogP contribution in [-0.2, 0) is 18.9 Å². The number of rotatable bonds is 18. The van der Waals surface area contributed by atoms with E-state index in [1.165, 1.54) is 0 Å². The number of thiol groups is 4. The van der Waals surface area contributed by atoms with Gasteiger partial charge in [-0.2, -0.15) is 25.3 Å². The average molecular weight is 433 g/mol. The van der Waals surface area contributed by atoms with Gasteiger partial charge in [0.15, 0.2) is 0 Å². The van der Waals surface area contributed by atoms with Crippen molar-refractivity contribution in [2.45, 2.75) is 50.4 Å². The summed E-state index contributed by atoms with van der Waals surface area (Å²) in [5.74, 6) is 1.61. The molecule has 4 nitrogen and oxygen atoms in total. The van der Waals surface area contributed by atoms with Crippen molar-refractivity contribution >= 4 is 50.5 Å². The van der Waals surface area contributed by atoms with E-state index in [4.69, 9.17) is 18.9 Å². The molecule has 2 unspecified atom stereocenters. The molecule has 0 saturated carbocycles. The van der Waals surface area contributed by atoms with Gasteiger partial charge in [-0.05, 0) is 37.2 Å². The lowest BCUT2D eigenvalue weighted by Crippen LogP contribution is -2.43. The normalized spacial score (nSPS) is 14.6. The highest BCUT2D eigenvalue weighted by Crippen LogP contribution is 2.24. The van der Waals surface area contributed by atoms with Crippen LogP contribution in [0.3, 0.4) is 0 Å². The van der Waals surface area contributed by atoms with Crippen molar-refractivity contribution in [2.75, 3.05) is 51.1 Å². The maximum absolute atomic E-state index is 5.91. The van der Waals surface area contributed by atoms with E-state index in [1.54, 1.807) is 0 Å². The molecule has 0 aliphatic carbocycles. The first-order valence-electron chi connectivity index (χ1n) is 9.00. The van der Waals surface area contributed by atoms with E-state index in [2.05, 4.69) is 50.5 Å². The van der Waals surface area contributed by atoms with Crippen LogP contribution in [-0.4, -0.2) is 62.0 Å². The summed E-state index contributed by atoms with van der Waals surface area (Å²) in [6.07, 6.45) is 3.50. The zero-order valence-electron chi connectivity index (χ0n) is 15.6. The fourth-order valence-corrected chi connectivity index (χ4v) is 2.35. The van der Waals surface area contributed by atoms with Gasteiger partial charge >= 0.3 is 0 Å². The van der Waals surface area contributed by atoms with Gasteiger partial charge in [-0.3, -0.25) is 0 Å². The molecule has 0 bridgehead atoms. The zero-order chi connectivity index (χ0) is 19.0. The van der Waals surface area contributed by atoms with Gasteiger partial charge in [0.05, 0.1) is 42.7 Å². The Hall–Kier alpha value is 1.24. The minimum Gasteiger partial charge on any atom is -0.381 e. The van der Waals surface area contributed by atoms with Gasteiger partial charge in [0.1, 0.15) is 0 Å². The molecule has 0 aromatic heterocycles. The van der Waals surface area contributed by atoms with Crippen LogP contribution in [0.15, 0.2) is 0 Å². The first-order chi connectivity index (χ1) is 12.0. The molecule has 0 aliphatic rings. The third-order valence-corrected chi connectivity index (χ3v) is 5.23. The molecule has 0 saturated heterocycles. The Kier molecular flexibility index (Phi) is 18.2. The van der Waals surface area contributed by atoms with E-state index < -0.39 is 0 Å². The minimum atomic E-state index is -0.375. The van der Waals surface area contributed by atoms with Gasteiger partial charge in [-0.15, -0.1) is 25.3 Å².